The maximum absolute atomic E-state index is 11.7. The molecule has 0 aliphatic heterocycles. The Labute approximate surface area is 120 Å². The number of azo groups is 1. The Hall–Kier alpha value is -2.90. The van der Waals surface area contributed by atoms with Crippen LogP contribution in [0.5, 0.6) is 11.5 Å². The second-order valence-electron chi connectivity index (χ2n) is 3.88. The second-order valence-corrected chi connectivity index (χ2v) is 3.88. The lowest BCUT2D eigenvalue weighted by atomic mass is 10.3. The molecule has 0 unspecified atom stereocenters. The molecule has 0 aliphatic carbocycles. The normalized spacial score (nSPS) is 10.8. The predicted octanol–water partition coefficient (Wildman–Crippen LogP) is 2.72. The zero-order valence-electron chi connectivity index (χ0n) is 11.5. The van der Waals surface area contributed by atoms with Crippen molar-refractivity contribution in [3.8, 4) is 11.5 Å². The third-order valence-electron chi connectivity index (χ3n) is 2.51. The van der Waals surface area contributed by atoms with Crippen molar-refractivity contribution < 1.29 is 19.4 Å². The van der Waals surface area contributed by atoms with Gasteiger partial charge in [-0.1, -0.05) is 0 Å². The van der Waals surface area contributed by atoms with Gasteiger partial charge in [0.1, 0.15) is 17.2 Å². The molecule has 8 nitrogen and oxygen atoms in total. The number of H-pyrrole nitrogens is 1. The molecule has 0 amide bonds. The molecule has 0 spiro atoms. The molecule has 1 heterocycles. The van der Waals surface area contributed by atoms with Crippen LogP contribution < -0.4 is 4.74 Å². The SMILES string of the molecule is CCOC(=O)c1[nH]cnc1N=Nc1ccc(O)cc1OC. The van der Waals surface area contributed by atoms with Crippen molar-refractivity contribution in [2.75, 3.05) is 13.7 Å². The van der Waals surface area contributed by atoms with Crippen LogP contribution in [0.15, 0.2) is 34.8 Å². The molecular weight excluding hydrogens is 276 g/mol. The van der Waals surface area contributed by atoms with E-state index in [1.54, 1.807) is 6.92 Å². The number of benzene rings is 1. The fourth-order valence-electron chi connectivity index (χ4n) is 1.57. The Morgan fingerprint density at radius 2 is 2.24 bits per heavy atom. The number of aromatic hydroxyl groups is 1. The summed E-state index contributed by atoms with van der Waals surface area (Å²) in [6.07, 6.45) is 1.33. The molecule has 2 N–H and O–H groups in total. The van der Waals surface area contributed by atoms with E-state index in [0.717, 1.165) is 0 Å². The molecule has 0 bridgehead atoms. The van der Waals surface area contributed by atoms with E-state index < -0.39 is 5.97 Å². The number of hydrogen-bond acceptors (Lipinski definition) is 7. The minimum absolute atomic E-state index is 0.0535. The average Bonchev–Trinajstić information content (AvgIpc) is 2.94. The number of hydrogen-bond donors (Lipinski definition) is 2. The number of rotatable bonds is 5. The summed E-state index contributed by atoms with van der Waals surface area (Å²) in [5.41, 5.74) is 0.520. The van der Waals surface area contributed by atoms with Crippen LogP contribution in [0, 0.1) is 0 Å². The number of aromatic amines is 1. The number of carbonyl (C=O) groups excluding carboxylic acids is 1. The van der Waals surface area contributed by atoms with E-state index in [0.29, 0.717) is 11.4 Å². The first-order valence-corrected chi connectivity index (χ1v) is 6.15. The number of phenolic OH excluding ortho intramolecular Hbond substituents is 1. The highest BCUT2D eigenvalue weighted by Gasteiger charge is 2.15. The third-order valence-corrected chi connectivity index (χ3v) is 2.51. The Balaban J connectivity index is 2.26. The number of aromatic nitrogens is 2. The first-order valence-electron chi connectivity index (χ1n) is 6.15. The molecule has 0 aliphatic rings. The predicted molar refractivity (Wildman–Crippen MR) is 73.4 cm³/mol. The summed E-state index contributed by atoms with van der Waals surface area (Å²) in [5, 5.41) is 17.2. The van der Waals surface area contributed by atoms with Gasteiger partial charge in [0.2, 0.25) is 5.82 Å². The van der Waals surface area contributed by atoms with Gasteiger partial charge in [0.05, 0.1) is 20.0 Å². The number of methoxy groups -OCH3 is 1. The quantitative estimate of drug-likeness (QED) is 0.650. The molecular formula is C13H14N4O4. The number of carbonyl (C=O) groups is 1. The maximum Gasteiger partial charge on any atom is 0.358 e. The molecule has 1 aromatic heterocycles. The Morgan fingerprint density at radius 3 is 2.95 bits per heavy atom. The van der Waals surface area contributed by atoms with E-state index in [2.05, 4.69) is 20.2 Å². The van der Waals surface area contributed by atoms with Crippen LogP contribution in [0.2, 0.25) is 0 Å². The topological polar surface area (TPSA) is 109 Å². The molecule has 2 aromatic rings. The number of nitrogens with one attached hydrogen (secondary N) is 1. The number of ether oxygens (including phenoxy) is 2. The van der Waals surface area contributed by atoms with Gasteiger partial charge >= 0.3 is 5.97 Å². The minimum atomic E-state index is -0.554. The number of esters is 1. The average molecular weight is 290 g/mol. The van der Waals surface area contributed by atoms with Gasteiger partial charge in [-0.05, 0) is 19.1 Å². The Kier molecular flexibility index (Phi) is 4.50. The summed E-state index contributed by atoms with van der Waals surface area (Å²) < 4.78 is 9.95. The van der Waals surface area contributed by atoms with Gasteiger partial charge in [0.25, 0.3) is 0 Å². The number of nitrogens with zero attached hydrogens (tertiary/aromatic N) is 3. The van der Waals surface area contributed by atoms with Crippen LogP contribution in [-0.2, 0) is 4.74 Å². The lowest BCUT2D eigenvalue weighted by Crippen LogP contribution is -2.04. The van der Waals surface area contributed by atoms with Crippen molar-refractivity contribution >= 4 is 17.5 Å². The highest BCUT2D eigenvalue weighted by atomic mass is 16.5. The standard InChI is InChI=1S/C13H14N4O4/c1-3-21-13(19)11-12(15-7-14-11)17-16-9-5-4-8(18)6-10(9)20-2/h4-7,18H,3H2,1-2H3,(H,14,15). The van der Waals surface area contributed by atoms with Crippen LogP contribution in [0.25, 0.3) is 0 Å². The molecule has 2 rings (SSSR count). The number of phenols is 1. The van der Waals surface area contributed by atoms with E-state index >= 15 is 0 Å². The molecule has 21 heavy (non-hydrogen) atoms. The molecule has 0 atom stereocenters. The van der Waals surface area contributed by atoms with Crippen molar-refractivity contribution in [2.24, 2.45) is 10.2 Å². The van der Waals surface area contributed by atoms with Crippen molar-refractivity contribution in [2.45, 2.75) is 6.92 Å². The lowest BCUT2D eigenvalue weighted by Gasteiger charge is -2.03. The van der Waals surface area contributed by atoms with Crippen molar-refractivity contribution in [1.82, 2.24) is 9.97 Å². The van der Waals surface area contributed by atoms with Gasteiger partial charge in [-0.15, -0.1) is 10.2 Å². The largest absolute Gasteiger partial charge is 0.508 e. The van der Waals surface area contributed by atoms with E-state index in [4.69, 9.17) is 9.47 Å². The Morgan fingerprint density at radius 1 is 1.43 bits per heavy atom. The first kappa shape index (κ1) is 14.5. The van der Waals surface area contributed by atoms with Crippen molar-refractivity contribution in [3.05, 3.63) is 30.2 Å². The van der Waals surface area contributed by atoms with Gasteiger partial charge in [-0.3, -0.25) is 0 Å². The van der Waals surface area contributed by atoms with Crippen LogP contribution in [0.4, 0.5) is 11.5 Å². The highest BCUT2D eigenvalue weighted by molar-refractivity contribution is 5.91. The fraction of sp³-hybridized carbons (Fsp3) is 0.231. The van der Waals surface area contributed by atoms with Crippen LogP contribution >= 0.6 is 0 Å². The number of imidazole rings is 1. The van der Waals surface area contributed by atoms with E-state index in [-0.39, 0.29) is 23.9 Å². The first-order chi connectivity index (χ1) is 10.2. The molecule has 8 heteroatoms. The van der Waals surface area contributed by atoms with Gasteiger partial charge in [0.15, 0.2) is 5.69 Å². The summed E-state index contributed by atoms with van der Waals surface area (Å²) in [5.74, 6) is -0.0325. The minimum Gasteiger partial charge on any atom is -0.508 e. The summed E-state index contributed by atoms with van der Waals surface area (Å²) in [6.45, 7) is 1.96. The summed E-state index contributed by atoms with van der Waals surface area (Å²) in [7, 11) is 1.45. The zero-order chi connectivity index (χ0) is 15.2. The summed E-state index contributed by atoms with van der Waals surface area (Å²) in [6, 6.07) is 4.40. The Bertz CT molecular complexity index is 666. The van der Waals surface area contributed by atoms with Gasteiger partial charge in [0, 0.05) is 6.07 Å². The van der Waals surface area contributed by atoms with Gasteiger partial charge in [-0.25, -0.2) is 9.78 Å². The van der Waals surface area contributed by atoms with E-state index in [1.165, 1.54) is 31.6 Å². The van der Waals surface area contributed by atoms with Crippen molar-refractivity contribution in [3.63, 3.8) is 0 Å². The smallest absolute Gasteiger partial charge is 0.358 e. The summed E-state index contributed by atoms with van der Waals surface area (Å²) >= 11 is 0. The van der Waals surface area contributed by atoms with Crippen LogP contribution in [-0.4, -0.2) is 34.8 Å². The molecule has 0 fully saturated rings. The van der Waals surface area contributed by atoms with Crippen LogP contribution in [0.3, 0.4) is 0 Å². The second kappa shape index (κ2) is 6.51. The van der Waals surface area contributed by atoms with Gasteiger partial charge < -0.3 is 19.6 Å². The maximum atomic E-state index is 11.7. The van der Waals surface area contributed by atoms with E-state index in [1.807, 2.05) is 0 Å². The third kappa shape index (κ3) is 3.35. The lowest BCUT2D eigenvalue weighted by molar-refractivity contribution is 0.0521. The molecule has 0 radical (unpaired) electrons. The fourth-order valence-corrected chi connectivity index (χ4v) is 1.57. The summed E-state index contributed by atoms with van der Waals surface area (Å²) in [4.78, 5) is 18.2. The van der Waals surface area contributed by atoms with Crippen molar-refractivity contribution in [1.29, 1.82) is 0 Å². The molecule has 110 valence electrons. The van der Waals surface area contributed by atoms with Gasteiger partial charge in [-0.2, -0.15) is 0 Å². The highest BCUT2D eigenvalue weighted by Crippen LogP contribution is 2.32. The molecule has 0 saturated heterocycles. The molecule has 1 aromatic carbocycles. The monoisotopic (exact) mass is 290 g/mol. The molecule has 0 saturated carbocycles. The van der Waals surface area contributed by atoms with E-state index in [9.17, 15) is 9.90 Å². The zero-order valence-corrected chi connectivity index (χ0v) is 11.5. The van der Waals surface area contributed by atoms with Crippen LogP contribution in [0.1, 0.15) is 17.4 Å².